The smallest absolute Gasteiger partial charge is 0.410 e. The first-order valence-electron chi connectivity index (χ1n) is 7.49. The van der Waals surface area contributed by atoms with Gasteiger partial charge >= 0.3 is 6.09 Å². The minimum atomic E-state index is -0.505. The number of aromatic nitrogens is 2. The van der Waals surface area contributed by atoms with E-state index in [1.54, 1.807) is 4.90 Å². The fourth-order valence-electron chi connectivity index (χ4n) is 2.27. The highest BCUT2D eigenvalue weighted by atomic mass is 35.5. The average molecular weight is 341 g/mol. The summed E-state index contributed by atoms with van der Waals surface area (Å²) in [5, 5.41) is 10.5. The maximum Gasteiger partial charge on any atom is 0.410 e. The van der Waals surface area contributed by atoms with E-state index in [1.807, 2.05) is 20.8 Å². The second-order valence-electron chi connectivity index (χ2n) is 6.55. The first-order valence-corrected chi connectivity index (χ1v) is 7.87. The van der Waals surface area contributed by atoms with E-state index >= 15 is 0 Å². The molecule has 7 nitrogen and oxygen atoms in total. The molecular weight excluding hydrogens is 320 g/mol. The van der Waals surface area contributed by atoms with Crippen LogP contribution in [0.2, 0.25) is 5.02 Å². The monoisotopic (exact) mass is 340 g/mol. The molecule has 2 amide bonds. The van der Waals surface area contributed by atoms with Crippen LogP contribution in [-0.2, 0) is 4.74 Å². The summed E-state index contributed by atoms with van der Waals surface area (Å²) in [7, 11) is 0. The van der Waals surface area contributed by atoms with Crippen molar-refractivity contribution in [1.82, 2.24) is 20.4 Å². The normalized spacial score (nSPS) is 17.9. The third kappa shape index (κ3) is 5.35. The Kier molecular flexibility index (Phi) is 5.41. The van der Waals surface area contributed by atoms with Crippen molar-refractivity contribution in [3.8, 4) is 0 Å². The lowest BCUT2D eigenvalue weighted by atomic mass is 10.1. The summed E-state index contributed by atoms with van der Waals surface area (Å²) in [5.41, 5.74) is -0.325. The molecule has 1 fully saturated rings. The Hall–Kier alpha value is -1.89. The van der Waals surface area contributed by atoms with Gasteiger partial charge in [0.25, 0.3) is 5.91 Å². The first-order chi connectivity index (χ1) is 10.7. The van der Waals surface area contributed by atoms with E-state index in [-0.39, 0.29) is 23.6 Å². The third-order valence-corrected chi connectivity index (χ3v) is 3.55. The van der Waals surface area contributed by atoms with Crippen LogP contribution in [0.5, 0.6) is 0 Å². The summed E-state index contributed by atoms with van der Waals surface area (Å²) in [6, 6.07) is 1.46. The molecule has 0 bridgehead atoms. The number of ether oxygens (including phenoxy) is 1. The van der Waals surface area contributed by atoms with Gasteiger partial charge in [-0.2, -0.15) is 5.10 Å². The van der Waals surface area contributed by atoms with Crippen molar-refractivity contribution in [1.29, 1.82) is 0 Å². The summed E-state index contributed by atoms with van der Waals surface area (Å²) >= 11 is 5.78. The molecule has 126 valence electrons. The summed E-state index contributed by atoms with van der Waals surface area (Å²) in [4.78, 5) is 25.6. The number of carbonyl (C=O) groups excluding carboxylic acids is 2. The quantitative estimate of drug-likeness (QED) is 0.911. The van der Waals surface area contributed by atoms with E-state index in [0.29, 0.717) is 24.7 Å². The highest BCUT2D eigenvalue weighted by Gasteiger charge is 2.29. The lowest BCUT2D eigenvalue weighted by molar-refractivity contribution is 0.0288. The van der Waals surface area contributed by atoms with Gasteiger partial charge in [-0.3, -0.25) is 4.79 Å². The van der Waals surface area contributed by atoms with Crippen LogP contribution in [0.15, 0.2) is 12.3 Å². The van der Waals surface area contributed by atoms with E-state index in [1.165, 1.54) is 12.3 Å². The molecule has 1 aliphatic rings. The van der Waals surface area contributed by atoms with Crippen molar-refractivity contribution in [3.05, 3.63) is 23.0 Å². The predicted molar refractivity (Wildman–Crippen MR) is 85.3 cm³/mol. The molecule has 0 spiro atoms. The van der Waals surface area contributed by atoms with Crippen molar-refractivity contribution in [2.24, 2.45) is 5.92 Å². The number of hydrogen-bond acceptors (Lipinski definition) is 5. The van der Waals surface area contributed by atoms with Crippen molar-refractivity contribution >= 4 is 23.6 Å². The van der Waals surface area contributed by atoms with Crippen molar-refractivity contribution < 1.29 is 14.3 Å². The summed E-state index contributed by atoms with van der Waals surface area (Å²) in [6.07, 6.45) is 1.88. The number of hydrogen-bond donors (Lipinski definition) is 1. The van der Waals surface area contributed by atoms with Crippen LogP contribution in [-0.4, -0.2) is 52.3 Å². The van der Waals surface area contributed by atoms with Gasteiger partial charge in [-0.1, -0.05) is 11.6 Å². The Labute approximate surface area is 140 Å². The van der Waals surface area contributed by atoms with Crippen molar-refractivity contribution in [2.45, 2.75) is 32.8 Å². The Morgan fingerprint density at radius 1 is 1.48 bits per heavy atom. The molecular formula is C15H21ClN4O3. The van der Waals surface area contributed by atoms with Crippen LogP contribution in [0, 0.1) is 5.92 Å². The van der Waals surface area contributed by atoms with Crippen LogP contribution in [0.25, 0.3) is 0 Å². The molecule has 0 radical (unpaired) electrons. The summed E-state index contributed by atoms with van der Waals surface area (Å²) < 4.78 is 5.34. The van der Waals surface area contributed by atoms with Gasteiger partial charge in [-0.05, 0) is 39.2 Å². The van der Waals surface area contributed by atoms with Gasteiger partial charge < -0.3 is 15.0 Å². The zero-order valence-corrected chi connectivity index (χ0v) is 14.3. The standard InChI is InChI=1S/C15H21ClN4O3/c1-15(2,3)23-14(22)20-5-4-10(9-20)7-17-13(21)12-6-11(16)8-18-19-12/h6,8,10H,4-5,7,9H2,1-3H3,(H,17,21). The van der Waals surface area contributed by atoms with Gasteiger partial charge in [0.15, 0.2) is 5.69 Å². The summed E-state index contributed by atoms with van der Waals surface area (Å²) in [6.45, 7) is 7.18. The average Bonchev–Trinajstić information content (AvgIpc) is 2.92. The van der Waals surface area contributed by atoms with Crippen molar-refractivity contribution in [3.63, 3.8) is 0 Å². The van der Waals surface area contributed by atoms with Gasteiger partial charge in [0, 0.05) is 19.6 Å². The second kappa shape index (κ2) is 7.12. The molecule has 0 saturated carbocycles. The highest BCUT2D eigenvalue weighted by Crippen LogP contribution is 2.19. The molecule has 1 aliphatic heterocycles. The molecule has 2 heterocycles. The minimum absolute atomic E-state index is 0.180. The molecule has 8 heteroatoms. The lowest BCUT2D eigenvalue weighted by Crippen LogP contribution is -2.36. The van der Waals surface area contributed by atoms with Crippen LogP contribution in [0.3, 0.4) is 0 Å². The van der Waals surface area contributed by atoms with Crippen LogP contribution in [0.1, 0.15) is 37.7 Å². The first kappa shape index (κ1) is 17.5. The van der Waals surface area contributed by atoms with E-state index < -0.39 is 5.60 Å². The zero-order chi connectivity index (χ0) is 17.0. The van der Waals surface area contributed by atoms with E-state index in [0.717, 1.165) is 6.42 Å². The Morgan fingerprint density at radius 2 is 2.22 bits per heavy atom. The number of likely N-dealkylation sites (tertiary alicyclic amines) is 1. The number of rotatable bonds is 3. The maximum atomic E-state index is 12.0. The SMILES string of the molecule is CC(C)(C)OC(=O)N1CCC(CNC(=O)c2cc(Cl)cnn2)C1. The molecule has 2 rings (SSSR count). The molecule has 1 atom stereocenters. The predicted octanol–water partition coefficient (Wildman–Crippen LogP) is 2.12. The number of amides is 2. The Morgan fingerprint density at radius 3 is 2.87 bits per heavy atom. The topological polar surface area (TPSA) is 84.4 Å². The number of nitrogens with zero attached hydrogens (tertiary/aromatic N) is 3. The molecule has 23 heavy (non-hydrogen) atoms. The van der Waals surface area contributed by atoms with Crippen molar-refractivity contribution in [2.75, 3.05) is 19.6 Å². The van der Waals surface area contributed by atoms with E-state index in [4.69, 9.17) is 16.3 Å². The Bertz CT molecular complexity index is 588. The summed E-state index contributed by atoms with van der Waals surface area (Å²) in [5.74, 6) is -0.130. The number of halogens is 1. The number of nitrogens with one attached hydrogen (secondary N) is 1. The zero-order valence-electron chi connectivity index (χ0n) is 13.5. The molecule has 1 aromatic heterocycles. The molecule has 1 saturated heterocycles. The van der Waals surface area contributed by atoms with Gasteiger partial charge in [-0.15, -0.1) is 5.10 Å². The second-order valence-corrected chi connectivity index (χ2v) is 6.99. The largest absolute Gasteiger partial charge is 0.444 e. The van der Waals surface area contributed by atoms with E-state index in [9.17, 15) is 9.59 Å². The van der Waals surface area contributed by atoms with Gasteiger partial charge in [-0.25, -0.2) is 4.79 Å². The lowest BCUT2D eigenvalue weighted by Gasteiger charge is -2.24. The van der Waals surface area contributed by atoms with E-state index in [2.05, 4.69) is 15.5 Å². The molecule has 1 unspecified atom stereocenters. The van der Waals surface area contributed by atoms with Gasteiger partial charge in [0.2, 0.25) is 0 Å². The third-order valence-electron chi connectivity index (χ3n) is 3.34. The van der Waals surface area contributed by atoms with Gasteiger partial charge in [0.1, 0.15) is 5.60 Å². The fourth-order valence-corrected chi connectivity index (χ4v) is 2.42. The number of carbonyl (C=O) groups is 2. The van der Waals surface area contributed by atoms with Crippen LogP contribution in [0.4, 0.5) is 4.79 Å². The molecule has 0 aliphatic carbocycles. The van der Waals surface area contributed by atoms with Crippen LogP contribution < -0.4 is 5.32 Å². The maximum absolute atomic E-state index is 12.0. The molecule has 1 N–H and O–H groups in total. The Balaban J connectivity index is 1.80. The van der Waals surface area contributed by atoms with Gasteiger partial charge in [0.05, 0.1) is 11.2 Å². The highest BCUT2D eigenvalue weighted by molar-refractivity contribution is 6.30. The minimum Gasteiger partial charge on any atom is -0.444 e. The fraction of sp³-hybridized carbons (Fsp3) is 0.600. The van der Waals surface area contributed by atoms with Crippen LogP contribution >= 0.6 is 11.6 Å². The molecule has 0 aromatic carbocycles. The molecule has 1 aromatic rings.